The zero-order valence-corrected chi connectivity index (χ0v) is 16.0. The van der Waals surface area contributed by atoms with Crippen LogP contribution in [0, 0.1) is 5.82 Å². The van der Waals surface area contributed by atoms with Crippen molar-refractivity contribution in [1.82, 2.24) is 0 Å². The van der Waals surface area contributed by atoms with Crippen molar-refractivity contribution in [2.45, 2.75) is 20.0 Å². The van der Waals surface area contributed by atoms with Crippen LogP contribution in [0.3, 0.4) is 0 Å². The monoisotopic (exact) mass is 411 g/mol. The van der Waals surface area contributed by atoms with Crippen LogP contribution in [0.5, 0.6) is 5.75 Å². The Kier molecular flexibility index (Phi) is 6.18. The molecule has 3 rings (SSSR count). The predicted octanol–water partition coefficient (Wildman–Crippen LogP) is 6.48. The van der Waals surface area contributed by atoms with Gasteiger partial charge in [0, 0.05) is 21.8 Å². The van der Waals surface area contributed by atoms with Crippen LogP contribution in [0.2, 0.25) is 0 Å². The van der Waals surface area contributed by atoms with E-state index in [1.54, 1.807) is 24.4 Å². The van der Waals surface area contributed by atoms with Gasteiger partial charge in [0.25, 0.3) is 0 Å². The minimum absolute atomic E-state index is 0.167. The van der Waals surface area contributed by atoms with Gasteiger partial charge in [0.2, 0.25) is 0 Å². The van der Waals surface area contributed by atoms with E-state index in [0.717, 1.165) is 22.1 Å². The first kappa shape index (κ1) is 18.3. The van der Waals surface area contributed by atoms with Crippen LogP contribution in [0.25, 0.3) is 0 Å². The summed E-state index contributed by atoms with van der Waals surface area (Å²) in [6.45, 7) is 2.29. The van der Waals surface area contributed by atoms with Gasteiger partial charge < -0.3 is 4.74 Å². The third kappa shape index (κ3) is 4.79. The third-order valence-corrected chi connectivity index (χ3v) is 4.50. The molecule has 26 heavy (non-hydrogen) atoms. The number of benzene rings is 3. The summed E-state index contributed by atoms with van der Waals surface area (Å²) in [4.78, 5) is 4.53. The van der Waals surface area contributed by atoms with Gasteiger partial charge in [0.15, 0.2) is 0 Å². The smallest absolute Gasteiger partial charge is 0.129 e. The highest BCUT2D eigenvalue weighted by Gasteiger charge is 2.06. The Morgan fingerprint density at radius 2 is 1.81 bits per heavy atom. The molecule has 0 atom stereocenters. The van der Waals surface area contributed by atoms with Gasteiger partial charge >= 0.3 is 0 Å². The fourth-order valence-electron chi connectivity index (χ4n) is 2.48. The number of hydrogen-bond donors (Lipinski definition) is 0. The van der Waals surface area contributed by atoms with E-state index in [1.165, 1.54) is 11.6 Å². The molecule has 0 fully saturated rings. The van der Waals surface area contributed by atoms with E-state index in [0.29, 0.717) is 11.3 Å². The molecule has 3 aromatic rings. The first-order valence-corrected chi connectivity index (χ1v) is 9.24. The zero-order valence-electron chi connectivity index (χ0n) is 14.5. The minimum Gasteiger partial charge on any atom is -0.488 e. The van der Waals surface area contributed by atoms with E-state index in [-0.39, 0.29) is 12.4 Å². The van der Waals surface area contributed by atoms with Crippen molar-refractivity contribution in [3.05, 3.63) is 93.7 Å². The molecule has 0 aliphatic rings. The van der Waals surface area contributed by atoms with Crippen LogP contribution in [0.1, 0.15) is 23.6 Å². The number of hydrogen-bond acceptors (Lipinski definition) is 2. The maximum absolute atomic E-state index is 13.8. The van der Waals surface area contributed by atoms with Crippen LogP contribution in [0.15, 0.2) is 76.2 Å². The standard InChI is InChI=1S/C22H19BrFNO/c1-2-16-7-10-20(11-8-16)25-14-18-13-19(23)9-12-22(18)26-15-17-5-3-4-6-21(17)24/h3-14H,2,15H2,1H3. The normalized spacial score (nSPS) is 11.0. The summed E-state index contributed by atoms with van der Waals surface area (Å²) in [7, 11) is 0. The molecule has 0 bridgehead atoms. The highest BCUT2D eigenvalue weighted by molar-refractivity contribution is 9.10. The number of ether oxygens (including phenoxy) is 1. The van der Waals surface area contributed by atoms with E-state index in [1.807, 2.05) is 30.3 Å². The lowest BCUT2D eigenvalue weighted by atomic mass is 10.1. The van der Waals surface area contributed by atoms with E-state index < -0.39 is 0 Å². The Hall–Kier alpha value is -2.46. The van der Waals surface area contributed by atoms with Crippen LogP contribution >= 0.6 is 15.9 Å². The number of halogens is 2. The molecule has 0 radical (unpaired) electrons. The lowest BCUT2D eigenvalue weighted by Gasteiger charge is -2.10. The maximum Gasteiger partial charge on any atom is 0.129 e. The summed E-state index contributed by atoms with van der Waals surface area (Å²) >= 11 is 3.47. The van der Waals surface area contributed by atoms with Crippen LogP contribution < -0.4 is 4.74 Å². The molecule has 0 aromatic heterocycles. The van der Waals surface area contributed by atoms with Crippen molar-refractivity contribution in [2.24, 2.45) is 4.99 Å². The number of rotatable bonds is 6. The molecular formula is C22H19BrFNO. The molecule has 0 amide bonds. The fraction of sp³-hybridized carbons (Fsp3) is 0.136. The van der Waals surface area contributed by atoms with E-state index in [2.05, 4.69) is 40.0 Å². The van der Waals surface area contributed by atoms with Crippen molar-refractivity contribution >= 4 is 27.8 Å². The van der Waals surface area contributed by atoms with Gasteiger partial charge in [-0.15, -0.1) is 0 Å². The van der Waals surface area contributed by atoms with Gasteiger partial charge in [-0.3, -0.25) is 4.99 Å². The molecule has 4 heteroatoms. The second-order valence-electron chi connectivity index (χ2n) is 5.84. The average Bonchev–Trinajstić information content (AvgIpc) is 2.67. The average molecular weight is 412 g/mol. The lowest BCUT2D eigenvalue weighted by Crippen LogP contribution is -2.00. The summed E-state index contributed by atoms with van der Waals surface area (Å²) in [6.07, 6.45) is 2.77. The molecule has 3 aromatic carbocycles. The Morgan fingerprint density at radius 3 is 2.54 bits per heavy atom. The van der Waals surface area contributed by atoms with Crippen LogP contribution in [-0.4, -0.2) is 6.21 Å². The fourth-order valence-corrected chi connectivity index (χ4v) is 2.86. The molecule has 0 aliphatic carbocycles. The second kappa shape index (κ2) is 8.77. The number of nitrogens with zero attached hydrogens (tertiary/aromatic N) is 1. The highest BCUT2D eigenvalue weighted by Crippen LogP contribution is 2.24. The SMILES string of the molecule is CCc1ccc(N=Cc2cc(Br)ccc2OCc2ccccc2F)cc1. The Morgan fingerprint density at radius 1 is 1.04 bits per heavy atom. The highest BCUT2D eigenvalue weighted by atomic mass is 79.9. The molecule has 0 aliphatic heterocycles. The molecular weight excluding hydrogens is 393 g/mol. The van der Waals surface area contributed by atoms with Crippen LogP contribution in [0.4, 0.5) is 10.1 Å². The summed E-state index contributed by atoms with van der Waals surface area (Å²) in [5.41, 5.74) is 3.51. The molecule has 0 unspecified atom stereocenters. The largest absolute Gasteiger partial charge is 0.488 e. The van der Waals surface area contributed by atoms with Gasteiger partial charge in [0.05, 0.1) is 5.69 Å². The van der Waals surface area contributed by atoms with Crippen molar-refractivity contribution in [3.63, 3.8) is 0 Å². The molecule has 132 valence electrons. The van der Waals surface area contributed by atoms with E-state index in [4.69, 9.17) is 4.74 Å². The topological polar surface area (TPSA) is 21.6 Å². The Balaban J connectivity index is 1.79. The quantitative estimate of drug-likeness (QED) is 0.425. The van der Waals surface area contributed by atoms with Gasteiger partial charge in [-0.1, -0.05) is 53.2 Å². The lowest BCUT2D eigenvalue weighted by molar-refractivity contribution is 0.299. The third-order valence-electron chi connectivity index (χ3n) is 4.01. The molecule has 0 saturated heterocycles. The molecule has 0 heterocycles. The van der Waals surface area contributed by atoms with Gasteiger partial charge in [0.1, 0.15) is 18.2 Å². The van der Waals surface area contributed by atoms with Gasteiger partial charge in [-0.05, 0) is 48.4 Å². The molecule has 0 saturated carbocycles. The van der Waals surface area contributed by atoms with Gasteiger partial charge in [-0.2, -0.15) is 0 Å². The molecule has 2 nitrogen and oxygen atoms in total. The van der Waals surface area contributed by atoms with Crippen LogP contribution in [-0.2, 0) is 13.0 Å². The van der Waals surface area contributed by atoms with Crippen molar-refractivity contribution < 1.29 is 9.13 Å². The summed E-state index contributed by atoms with van der Waals surface area (Å²) in [5, 5.41) is 0. The first-order valence-electron chi connectivity index (χ1n) is 8.44. The second-order valence-corrected chi connectivity index (χ2v) is 6.76. The summed E-state index contributed by atoms with van der Waals surface area (Å²) in [6, 6.07) is 20.4. The number of aryl methyl sites for hydroxylation is 1. The maximum atomic E-state index is 13.8. The Bertz CT molecular complexity index is 906. The Labute approximate surface area is 161 Å². The summed E-state index contributed by atoms with van der Waals surface area (Å²) < 4.78 is 20.5. The van der Waals surface area contributed by atoms with Crippen molar-refractivity contribution in [1.29, 1.82) is 0 Å². The van der Waals surface area contributed by atoms with E-state index in [9.17, 15) is 4.39 Å². The first-order chi connectivity index (χ1) is 12.7. The molecule has 0 N–H and O–H groups in total. The van der Waals surface area contributed by atoms with Crippen molar-refractivity contribution in [2.75, 3.05) is 0 Å². The number of aliphatic imine (C=N–C) groups is 1. The minimum atomic E-state index is -0.268. The zero-order chi connectivity index (χ0) is 18.4. The van der Waals surface area contributed by atoms with Gasteiger partial charge in [-0.25, -0.2) is 4.39 Å². The predicted molar refractivity (Wildman–Crippen MR) is 108 cm³/mol. The van der Waals surface area contributed by atoms with Crippen molar-refractivity contribution in [3.8, 4) is 5.75 Å². The van der Waals surface area contributed by atoms with E-state index >= 15 is 0 Å². The molecule has 0 spiro atoms. The summed E-state index contributed by atoms with van der Waals surface area (Å²) in [5.74, 6) is 0.390.